The lowest BCUT2D eigenvalue weighted by atomic mass is 10.1. The van der Waals surface area contributed by atoms with Gasteiger partial charge in [-0.1, -0.05) is 0 Å². The van der Waals surface area contributed by atoms with Crippen molar-refractivity contribution in [2.24, 2.45) is 10.7 Å². The van der Waals surface area contributed by atoms with Gasteiger partial charge in [-0.05, 0) is 54.9 Å². The van der Waals surface area contributed by atoms with Crippen molar-refractivity contribution in [2.45, 2.75) is 26.3 Å². The van der Waals surface area contributed by atoms with Gasteiger partial charge in [0.25, 0.3) is 0 Å². The van der Waals surface area contributed by atoms with Crippen LogP contribution in [0.2, 0.25) is 0 Å². The van der Waals surface area contributed by atoms with E-state index in [9.17, 15) is 4.39 Å². The molecule has 0 aromatic heterocycles. The van der Waals surface area contributed by atoms with Crippen LogP contribution in [0.1, 0.15) is 20.8 Å². The van der Waals surface area contributed by atoms with Crippen LogP contribution in [0, 0.1) is 5.82 Å². The molecule has 0 aliphatic carbocycles. The first-order valence-electron chi connectivity index (χ1n) is 4.85. The van der Waals surface area contributed by atoms with Crippen molar-refractivity contribution in [3.8, 4) is 0 Å². The standard InChI is InChI=1S/C11H15BrFN3/c1-11(2,3)16-10(14)15-7-4-5-8(12)9(13)6-7/h4-6H,1-3H3,(H3,14,15,16). The van der Waals surface area contributed by atoms with Crippen molar-refractivity contribution in [1.29, 1.82) is 0 Å². The molecule has 1 rings (SSSR count). The van der Waals surface area contributed by atoms with Crippen LogP contribution in [0.15, 0.2) is 27.7 Å². The largest absolute Gasteiger partial charge is 0.370 e. The van der Waals surface area contributed by atoms with E-state index in [-0.39, 0.29) is 17.3 Å². The Kier molecular flexibility index (Phi) is 3.91. The Morgan fingerprint density at radius 1 is 1.44 bits per heavy atom. The van der Waals surface area contributed by atoms with Crippen LogP contribution < -0.4 is 11.1 Å². The molecule has 0 spiro atoms. The van der Waals surface area contributed by atoms with E-state index >= 15 is 0 Å². The second-order valence-electron chi connectivity index (χ2n) is 4.42. The Labute approximate surface area is 103 Å². The lowest BCUT2D eigenvalue weighted by Gasteiger charge is -2.14. The number of hydrogen-bond donors (Lipinski definition) is 2. The summed E-state index contributed by atoms with van der Waals surface area (Å²) < 4.78 is 13.6. The summed E-state index contributed by atoms with van der Waals surface area (Å²) in [5, 5.41) is 2.83. The molecule has 1 aromatic carbocycles. The van der Waals surface area contributed by atoms with Gasteiger partial charge in [-0.25, -0.2) is 9.38 Å². The van der Waals surface area contributed by atoms with Gasteiger partial charge in [0, 0.05) is 5.69 Å². The second kappa shape index (κ2) is 4.82. The Balaban J connectivity index is 2.81. The zero-order valence-electron chi connectivity index (χ0n) is 9.51. The zero-order chi connectivity index (χ0) is 12.3. The molecule has 0 heterocycles. The maximum absolute atomic E-state index is 13.2. The van der Waals surface area contributed by atoms with Gasteiger partial charge in [0.2, 0.25) is 0 Å². The number of benzene rings is 1. The summed E-state index contributed by atoms with van der Waals surface area (Å²) in [6, 6.07) is 4.69. The number of hydrogen-bond acceptors (Lipinski definition) is 1. The van der Waals surface area contributed by atoms with Crippen LogP contribution in [0.3, 0.4) is 0 Å². The Morgan fingerprint density at radius 3 is 2.56 bits per heavy atom. The molecule has 3 nitrogen and oxygen atoms in total. The van der Waals surface area contributed by atoms with E-state index in [2.05, 4.69) is 26.2 Å². The first-order valence-corrected chi connectivity index (χ1v) is 5.64. The molecule has 0 aliphatic rings. The summed E-state index contributed by atoms with van der Waals surface area (Å²) in [5.41, 5.74) is 6.00. The summed E-state index contributed by atoms with van der Waals surface area (Å²) >= 11 is 3.08. The van der Waals surface area contributed by atoms with E-state index in [1.807, 2.05) is 20.8 Å². The van der Waals surface area contributed by atoms with Gasteiger partial charge >= 0.3 is 0 Å². The van der Waals surface area contributed by atoms with Crippen LogP contribution in [-0.4, -0.2) is 11.5 Å². The van der Waals surface area contributed by atoms with Gasteiger partial charge in [-0.3, -0.25) is 0 Å². The van der Waals surface area contributed by atoms with Crippen molar-refractivity contribution in [3.63, 3.8) is 0 Å². The number of halogens is 2. The van der Waals surface area contributed by atoms with E-state index in [4.69, 9.17) is 5.73 Å². The maximum Gasteiger partial charge on any atom is 0.193 e. The SMILES string of the molecule is CC(C)(C)N=C(N)Nc1ccc(Br)c(F)c1. The third-order valence-corrected chi connectivity index (χ3v) is 2.29. The summed E-state index contributed by atoms with van der Waals surface area (Å²) in [6.45, 7) is 5.80. The fourth-order valence-electron chi connectivity index (χ4n) is 1.11. The molecule has 0 unspecified atom stereocenters. The number of nitrogens with one attached hydrogen (secondary N) is 1. The van der Waals surface area contributed by atoms with Crippen LogP contribution in [0.5, 0.6) is 0 Å². The molecule has 1 aromatic rings. The lowest BCUT2D eigenvalue weighted by Crippen LogP contribution is -2.27. The minimum Gasteiger partial charge on any atom is -0.370 e. The second-order valence-corrected chi connectivity index (χ2v) is 5.28. The molecule has 0 saturated heterocycles. The van der Waals surface area contributed by atoms with Gasteiger partial charge in [-0.2, -0.15) is 0 Å². The molecule has 0 saturated carbocycles. The molecular formula is C11H15BrFN3. The van der Waals surface area contributed by atoms with Gasteiger partial charge in [0.1, 0.15) is 5.82 Å². The zero-order valence-corrected chi connectivity index (χ0v) is 11.1. The summed E-state index contributed by atoms with van der Waals surface area (Å²) in [6.07, 6.45) is 0. The number of nitrogens with zero attached hydrogens (tertiary/aromatic N) is 1. The molecule has 5 heteroatoms. The topological polar surface area (TPSA) is 50.4 Å². The number of anilines is 1. The number of guanidine groups is 1. The molecule has 16 heavy (non-hydrogen) atoms. The predicted octanol–water partition coefficient (Wildman–Crippen LogP) is 3.11. The summed E-state index contributed by atoms with van der Waals surface area (Å²) in [7, 11) is 0. The first-order chi connectivity index (χ1) is 7.28. The van der Waals surface area contributed by atoms with E-state index in [0.29, 0.717) is 10.2 Å². The fraction of sp³-hybridized carbons (Fsp3) is 0.364. The highest BCUT2D eigenvalue weighted by Gasteiger charge is 2.08. The summed E-state index contributed by atoms with van der Waals surface area (Å²) in [5.74, 6) is -0.0669. The van der Waals surface area contributed by atoms with Crippen molar-refractivity contribution in [1.82, 2.24) is 0 Å². The van der Waals surface area contributed by atoms with E-state index in [1.165, 1.54) is 6.07 Å². The molecule has 3 N–H and O–H groups in total. The van der Waals surface area contributed by atoms with E-state index in [1.54, 1.807) is 12.1 Å². The van der Waals surface area contributed by atoms with Gasteiger partial charge < -0.3 is 11.1 Å². The molecule has 0 amide bonds. The van der Waals surface area contributed by atoms with Crippen LogP contribution in [0.25, 0.3) is 0 Å². The first kappa shape index (κ1) is 13.0. The normalized spacial score (nSPS) is 12.7. The minimum atomic E-state index is -0.339. The third kappa shape index (κ3) is 4.18. The minimum absolute atomic E-state index is 0.259. The molecule has 0 aliphatic heterocycles. The number of rotatable bonds is 1. The van der Waals surface area contributed by atoms with Gasteiger partial charge in [0.05, 0.1) is 10.0 Å². The molecule has 0 atom stereocenters. The molecule has 88 valence electrons. The van der Waals surface area contributed by atoms with Crippen LogP contribution in [-0.2, 0) is 0 Å². The Bertz CT molecular complexity index is 410. The van der Waals surface area contributed by atoms with Crippen molar-refractivity contribution < 1.29 is 4.39 Å². The highest BCUT2D eigenvalue weighted by molar-refractivity contribution is 9.10. The number of aliphatic imine (C=N–C) groups is 1. The Morgan fingerprint density at radius 2 is 2.06 bits per heavy atom. The molecule has 0 radical (unpaired) electrons. The summed E-state index contributed by atoms with van der Waals surface area (Å²) in [4.78, 5) is 4.21. The molecule has 0 bridgehead atoms. The Hall–Kier alpha value is -1.10. The van der Waals surface area contributed by atoms with E-state index in [0.717, 1.165) is 0 Å². The van der Waals surface area contributed by atoms with Crippen molar-refractivity contribution in [3.05, 3.63) is 28.5 Å². The van der Waals surface area contributed by atoms with Crippen molar-refractivity contribution >= 4 is 27.6 Å². The smallest absolute Gasteiger partial charge is 0.193 e. The van der Waals surface area contributed by atoms with Crippen LogP contribution in [0.4, 0.5) is 10.1 Å². The maximum atomic E-state index is 13.2. The number of nitrogens with two attached hydrogens (primary N) is 1. The van der Waals surface area contributed by atoms with Gasteiger partial charge in [0.15, 0.2) is 5.96 Å². The van der Waals surface area contributed by atoms with Crippen molar-refractivity contribution in [2.75, 3.05) is 5.32 Å². The molecule has 0 fully saturated rings. The molecular weight excluding hydrogens is 273 g/mol. The monoisotopic (exact) mass is 287 g/mol. The van der Waals surface area contributed by atoms with Crippen LogP contribution >= 0.6 is 15.9 Å². The highest BCUT2D eigenvalue weighted by atomic mass is 79.9. The predicted molar refractivity (Wildman–Crippen MR) is 69.1 cm³/mol. The quantitative estimate of drug-likeness (QED) is 0.616. The fourth-order valence-corrected chi connectivity index (χ4v) is 1.36. The average molecular weight is 288 g/mol. The average Bonchev–Trinajstić information content (AvgIpc) is 2.08. The third-order valence-electron chi connectivity index (χ3n) is 1.65. The van der Waals surface area contributed by atoms with E-state index < -0.39 is 0 Å². The lowest BCUT2D eigenvalue weighted by molar-refractivity contribution is 0.583. The van der Waals surface area contributed by atoms with Gasteiger partial charge in [-0.15, -0.1) is 0 Å². The highest BCUT2D eigenvalue weighted by Crippen LogP contribution is 2.19.